The minimum Gasteiger partial charge on any atom is -0.339 e. The number of fused-ring (bicyclic) bond motifs is 3. The maximum Gasteiger partial charge on any atom is 0.226 e. The van der Waals surface area contributed by atoms with E-state index in [0.29, 0.717) is 22.8 Å². The lowest BCUT2D eigenvalue weighted by atomic mass is 9.65. The van der Waals surface area contributed by atoms with E-state index in [1.807, 2.05) is 0 Å². The van der Waals surface area contributed by atoms with Crippen LogP contribution in [0.1, 0.15) is 58.4 Å². The zero-order chi connectivity index (χ0) is 20.9. The minimum atomic E-state index is 0.222. The number of nitrogens with zero attached hydrogens (tertiary/aromatic N) is 2. The van der Waals surface area contributed by atoms with Gasteiger partial charge in [0.1, 0.15) is 0 Å². The second kappa shape index (κ2) is 7.37. The molecule has 0 aromatic heterocycles. The molecule has 0 radical (unpaired) electrons. The van der Waals surface area contributed by atoms with Crippen LogP contribution in [-0.4, -0.2) is 41.4 Å². The first-order chi connectivity index (χ1) is 14.3. The molecule has 1 aliphatic carbocycles. The van der Waals surface area contributed by atoms with Crippen LogP contribution in [0, 0.1) is 16.7 Å². The van der Waals surface area contributed by atoms with Gasteiger partial charge in [-0.15, -0.1) is 0 Å². The first-order valence-electron chi connectivity index (χ1n) is 11.8. The van der Waals surface area contributed by atoms with Crippen LogP contribution in [0.5, 0.6) is 0 Å². The number of hydrogen-bond acceptors (Lipinski definition) is 2. The summed E-state index contributed by atoms with van der Waals surface area (Å²) < 4.78 is 0. The van der Waals surface area contributed by atoms with Gasteiger partial charge in [-0.1, -0.05) is 63.2 Å². The molecule has 3 aliphatic rings. The lowest BCUT2D eigenvalue weighted by molar-refractivity contribution is -0.138. The molecule has 0 spiro atoms. The highest BCUT2D eigenvalue weighted by molar-refractivity contribution is 5.85. The number of piperidine rings is 1. The Labute approximate surface area is 181 Å². The lowest BCUT2D eigenvalue weighted by Crippen LogP contribution is -2.44. The Balaban J connectivity index is 1.22. The maximum atomic E-state index is 13.4. The Kier molecular flexibility index (Phi) is 4.93. The second-order valence-electron chi connectivity index (χ2n) is 11.4. The SMILES string of the molecule is CC1(C)CC2CC(C)(CN2C(=O)C2CCN(Cc3cccc4ccccc34)CC2)C1. The van der Waals surface area contributed by atoms with Crippen molar-refractivity contribution in [1.82, 2.24) is 9.80 Å². The van der Waals surface area contributed by atoms with Gasteiger partial charge in [0.25, 0.3) is 0 Å². The van der Waals surface area contributed by atoms with Gasteiger partial charge < -0.3 is 4.90 Å². The van der Waals surface area contributed by atoms with Gasteiger partial charge in [0, 0.05) is 25.0 Å². The molecule has 2 aromatic carbocycles. The van der Waals surface area contributed by atoms with E-state index in [1.54, 1.807) is 0 Å². The van der Waals surface area contributed by atoms with Gasteiger partial charge in [-0.3, -0.25) is 9.69 Å². The molecule has 2 bridgehead atoms. The lowest BCUT2D eigenvalue weighted by Gasteiger charge is -2.40. The van der Waals surface area contributed by atoms with E-state index in [9.17, 15) is 4.79 Å². The van der Waals surface area contributed by atoms with Crippen LogP contribution >= 0.6 is 0 Å². The van der Waals surface area contributed by atoms with E-state index in [1.165, 1.54) is 35.6 Å². The molecule has 2 aliphatic heterocycles. The van der Waals surface area contributed by atoms with Crippen molar-refractivity contribution in [2.45, 2.75) is 65.5 Å². The van der Waals surface area contributed by atoms with Crippen molar-refractivity contribution >= 4 is 16.7 Å². The summed E-state index contributed by atoms with van der Waals surface area (Å²) in [6, 6.07) is 15.8. The van der Waals surface area contributed by atoms with Gasteiger partial charge in [-0.2, -0.15) is 0 Å². The molecule has 2 saturated heterocycles. The van der Waals surface area contributed by atoms with Gasteiger partial charge >= 0.3 is 0 Å². The first-order valence-corrected chi connectivity index (χ1v) is 11.8. The molecule has 1 amide bonds. The molecule has 0 N–H and O–H groups in total. The smallest absolute Gasteiger partial charge is 0.226 e. The van der Waals surface area contributed by atoms with Crippen molar-refractivity contribution in [2.24, 2.45) is 16.7 Å². The predicted octanol–water partition coefficient (Wildman–Crippen LogP) is 5.48. The van der Waals surface area contributed by atoms with Gasteiger partial charge in [0.15, 0.2) is 0 Å². The van der Waals surface area contributed by atoms with Gasteiger partial charge in [0.2, 0.25) is 5.91 Å². The number of carbonyl (C=O) groups excluding carboxylic acids is 1. The molecule has 5 rings (SSSR count). The van der Waals surface area contributed by atoms with Crippen molar-refractivity contribution in [2.75, 3.05) is 19.6 Å². The molecule has 2 unspecified atom stereocenters. The molecular weight excluding hydrogens is 368 g/mol. The fourth-order valence-electron chi connectivity index (χ4n) is 6.96. The molecule has 1 saturated carbocycles. The Morgan fingerprint density at radius 3 is 2.53 bits per heavy atom. The summed E-state index contributed by atoms with van der Waals surface area (Å²) in [6.07, 6.45) is 5.65. The van der Waals surface area contributed by atoms with E-state index in [4.69, 9.17) is 0 Å². The highest BCUT2D eigenvalue weighted by Gasteiger charge is 2.51. The summed E-state index contributed by atoms with van der Waals surface area (Å²) in [6.45, 7) is 11.2. The quantitative estimate of drug-likeness (QED) is 0.676. The highest BCUT2D eigenvalue weighted by Crippen LogP contribution is 2.52. The molecule has 2 heterocycles. The number of amides is 1. The Morgan fingerprint density at radius 1 is 1.00 bits per heavy atom. The standard InChI is InChI=1S/C27H36N2O/c1-26(2)15-23-16-27(3,18-26)19-29(23)25(30)21-11-13-28(14-12-21)17-22-9-6-8-20-7-4-5-10-24(20)22/h4-10,21,23H,11-19H2,1-3H3. The second-order valence-corrected chi connectivity index (χ2v) is 11.4. The summed E-state index contributed by atoms with van der Waals surface area (Å²) in [7, 11) is 0. The average molecular weight is 405 g/mol. The van der Waals surface area contributed by atoms with Crippen LogP contribution in [0.25, 0.3) is 10.8 Å². The topological polar surface area (TPSA) is 23.6 Å². The number of likely N-dealkylation sites (tertiary alicyclic amines) is 2. The Hall–Kier alpha value is -1.87. The minimum absolute atomic E-state index is 0.222. The third-order valence-electron chi connectivity index (χ3n) is 7.91. The van der Waals surface area contributed by atoms with Crippen LogP contribution in [-0.2, 0) is 11.3 Å². The van der Waals surface area contributed by atoms with Gasteiger partial charge in [0.05, 0.1) is 0 Å². The van der Waals surface area contributed by atoms with E-state index < -0.39 is 0 Å². The first kappa shape index (κ1) is 20.1. The van der Waals surface area contributed by atoms with E-state index >= 15 is 0 Å². The molecule has 3 nitrogen and oxygen atoms in total. The normalized spacial score (nSPS) is 29.4. The average Bonchev–Trinajstić information content (AvgIpc) is 2.97. The zero-order valence-corrected chi connectivity index (χ0v) is 18.9. The Bertz CT molecular complexity index is 938. The monoisotopic (exact) mass is 404 g/mol. The molecular formula is C27H36N2O. The maximum absolute atomic E-state index is 13.4. The zero-order valence-electron chi connectivity index (χ0n) is 18.9. The largest absolute Gasteiger partial charge is 0.339 e. The van der Waals surface area contributed by atoms with Gasteiger partial charge in [-0.05, 0) is 72.4 Å². The number of benzene rings is 2. The van der Waals surface area contributed by atoms with Crippen molar-refractivity contribution in [3.8, 4) is 0 Å². The molecule has 2 atom stereocenters. The third kappa shape index (κ3) is 3.77. The van der Waals surface area contributed by atoms with Crippen LogP contribution < -0.4 is 0 Å². The summed E-state index contributed by atoms with van der Waals surface area (Å²) >= 11 is 0. The summed E-state index contributed by atoms with van der Waals surface area (Å²) in [5.41, 5.74) is 2.10. The fraction of sp³-hybridized carbons (Fsp3) is 0.593. The molecule has 3 fully saturated rings. The third-order valence-corrected chi connectivity index (χ3v) is 7.91. The summed E-state index contributed by atoms with van der Waals surface area (Å²) in [5, 5.41) is 2.68. The summed E-state index contributed by atoms with van der Waals surface area (Å²) in [5.74, 6) is 0.672. The molecule has 30 heavy (non-hydrogen) atoms. The van der Waals surface area contributed by atoms with Crippen molar-refractivity contribution in [3.63, 3.8) is 0 Å². The molecule has 3 heteroatoms. The predicted molar refractivity (Wildman–Crippen MR) is 123 cm³/mol. The van der Waals surface area contributed by atoms with Gasteiger partial charge in [-0.25, -0.2) is 0 Å². The number of hydrogen-bond donors (Lipinski definition) is 0. The molecule has 2 aromatic rings. The highest BCUT2D eigenvalue weighted by atomic mass is 16.2. The van der Waals surface area contributed by atoms with Crippen LogP contribution in [0.2, 0.25) is 0 Å². The summed E-state index contributed by atoms with van der Waals surface area (Å²) in [4.78, 5) is 18.3. The molecule has 160 valence electrons. The van der Waals surface area contributed by atoms with E-state index in [0.717, 1.165) is 39.0 Å². The van der Waals surface area contributed by atoms with Crippen LogP contribution in [0.3, 0.4) is 0 Å². The van der Waals surface area contributed by atoms with E-state index in [2.05, 4.69) is 73.0 Å². The van der Waals surface area contributed by atoms with Crippen molar-refractivity contribution in [3.05, 3.63) is 48.0 Å². The van der Waals surface area contributed by atoms with Crippen molar-refractivity contribution < 1.29 is 4.79 Å². The Morgan fingerprint density at radius 2 is 1.73 bits per heavy atom. The van der Waals surface area contributed by atoms with Crippen molar-refractivity contribution in [1.29, 1.82) is 0 Å². The van der Waals surface area contributed by atoms with E-state index in [-0.39, 0.29) is 5.92 Å². The number of carbonyl (C=O) groups is 1. The fourth-order valence-corrected chi connectivity index (χ4v) is 6.96. The number of rotatable bonds is 3. The van der Waals surface area contributed by atoms with Crippen LogP contribution in [0.4, 0.5) is 0 Å². The van der Waals surface area contributed by atoms with Crippen LogP contribution in [0.15, 0.2) is 42.5 Å².